The van der Waals surface area contributed by atoms with Crippen LogP contribution in [0.2, 0.25) is 5.02 Å². The quantitative estimate of drug-likeness (QED) is 0.821. The molecule has 0 saturated carbocycles. The summed E-state index contributed by atoms with van der Waals surface area (Å²) in [6.07, 6.45) is 0.0874. The first-order chi connectivity index (χ1) is 11.5. The number of carbonyl (C=O) groups excluding carboxylic acids is 2. The standard InChI is InChI=1S/C17H13BrClFN2O2/c18-11-4-6-12(7-5-11)22-9-10(8-15(22)23)17(24)21-14-3-1-2-13(19)16(14)20/h1-7,10H,8-9H2,(H,21,24). The summed E-state index contributed by atoms with van der Waals surface area (Å²) in [5.41, 5.74) is 0.745. The van der Waals surface area contributed by atoms with Gasteiger partial charge in [0.2, 0.25) is 11.8 Å². The van der Waals surface area contributed by atoms with E-state index in [1.807, 2.05) is 12.1 Å². The zero-order valence-corrected chi connectivity index (χ0v) is 14.8. The Balaban J connectivity index is 1.72. The molecule has 0 bridgehead atoms. The molecule has 2 aromatic carbocycles. The minimum Gasteiger partial charge on any atom is -0.323 e. The molecule has 0 aliphatic carbocycles. The lowest BCUT2D eigenvalue weighted by molar-refractivity contribution is -0.122. The van der Waals surface area contributed by atoms with Crippen molar-refractivity contribution in [2.45, 2.75) is 6.42 Å². The smallest absolute Gasteiger partial charge is 0.229 e. The molecule has 1 saturated heterocycles. The first-order valence-corrected chi connectivity index (χ1v) is 8.43. The maximum Gasteiger partial charge on any atom is 0.229 e. The van der Waals surface area contributed by atoms with Crippen molar-refractivity contribution in [2.24, 2.45) is 5.92 Å². The monoisotopic (exact) mass is 410 g/mol. The van der Waals surface area contributed by atoms with E-state index in [0.717, 1.165) is 10.2 Å². The third kappa shape index (κ3) is 3.44. The Morgan fingerprint density at radius 1 is 1.25 bits per heavy atom. The fourth-order valence-electron chi connectivity index (χ4n) is 2.59. The predicted molar refractivity (Wildman–Crippen MR) is 94.6 cm³/mol. The molecule has 24 heavy (non-hydrogen) atoms. The minimum atomic E-state index is -0.679. The molecule has 1 aliphatic heterocycles. The van der Waals surface area contributed by atoms with Crippen LogP contribution < -0.4 is 10.2 Å². The molecule has 1 fully saturated rings. The van der Waals surface area contributed by atoms with Gasteiger partial charge in [0.1, 0.15) is 0 Å². The second-order valence-corrected chi connectivity index (χ2v) is 6.80. The molecule has 7 heteroatoms. The number of hydrogen-bond acceptors (Lipinski definition) is 2. The van der Waals surface area contributed by atoms with Crippen molar-refractivity contribution >= 4 is 50.7 Å². The molecule has 1 atom stereocenters. The molecule has 0 aromatic heterocycles. The summed E-state index contributed by atoms with van der Waals surface area (Å²) in [6, 6.07) is 11.7. The van der Waals surface area contributed by atoms with E-state index in [0.29, 0.717) is 0 Å². The molecule has 2 amide bonds. The lowest BCUT2D eigenvalue weighted by Crippen LogP contribution is -2.28. The van der Waals surface area contributed by atoms with Gasteiger partial charge in [0.25, 0.3) is 0 Å². The van der Waals surface area contributed by atoms with E-state index in [9.17, 15) is 14.0 Å². The van der Waals surface area contributed by atoms with Gasteiger partial charge in [-0.05, 0) is 36.4 Å². The number of carbonyl (C=O) groups is 2. The Hall–Kier alpha value is -1.92. The van der Waals surface area contributed by atoms with Crippen LogP contribution in [0, 0.1) is 11.7 Å². The van der Waals surface area contributed by atoms with Gasteiger partial charge < -0.3 is 10.2 Å². The number of rotatable bonds is 3. The third-order valence-corrected chi connectivity index (χ3v) is 4.66. The fraction of sp³-hybridized carbons (Fsp3) is 0.176. The van der Waals surface area contributed by atoms with Gasteiger partial charge in [-0.25, -0.2) is 4.39 Å². The van der Waals surface area contributed by atoms with Crippen LogP contribution in [0.4, 0.5) is 15.8 Å². The number of amides is 2. The average Bonchev–Trinajstić information content (AvgIpc) is 2.94. The lowest BCUT2D eigenvalue weighted by Gasteiger charge is -2.17. The first-order valence-electron chi connectivity index (χ1n) is 7.26. The van der Waals surface area contributed by atoms with Crippen LogP contribution in [0.1, 0.15) is 6.42 Å². The zero-order valence-electron chi connectivity index (χ0n) is 12.4. The number of nitrogens with zero attached hydrogens (tertiary/aromatic N) is 1. The van der Waals surface area contributed by atoms with Gasteiger partial charge in [-0.15, -0.1) is 0 Å². The van der Waals surface area contributed by atoms with Crippen molar-refractivity contribution in [1.29, 1.82) is 0 Å². The van der Waals surface area contributed by atoms with Gasteiger partial charge in [-0.1, -0.05) is 33.6 Å². The summed E-state index contributed by atoms with van der Waals surface area (Å²) < 4.78 is 14.8. The SMILES string of the molecule is O=C(Nc1cccc(Cl)c1F)C1CC(=O)N(c2ccc(Br)cc2)C1. The molecule has 1 N–H and O–H groups in total. The van der Waals surface area contributed by atoms with Gasteiger partial charge in [-0.3, -0.25) is 9.59 Å². The topological polar surface area (TPSA) is 49.4 Å². The highest BCUT2D eigenvalue weighted by Crippen LogP contribution is 2.28. The van der Waals surface area contributed by atoms with Gasteiger partial charge in [0, 0.05) is 23.1 Å². The van der Waals surface area contributed by atoms with Crippen molar-refractivity contribution in [3.8, 4) is 0 Å². The summed E-state index contributed by atoms with van der Waals surface area (Å²) in [5.74, 6) is -1.76. The summed E-state index contributed by atoms with van der Waals surface area (Å²) in [4.78, 5) is 26.1. The van der Waals surface area contributed by atoms with Crippen LogP contribution in [-0.2, 0) is 9.59 Å². The normalized spacial score (nSPS) is 17.2. The van der Waals surface area contributed by atoms with E-state index in [-0.39, 0.29) is 29.6 Å². The van der Waals surface area contributed by atoms with Crippen LogP contribution in [0.3, 0.4) is 0 Å². The highest BCUT2D eigenvalue weighted by Gasteiger charge is 2.35. The van der Waals surface area contributed by atoms with Crippen LogP contribution in [-0.4, -0.2) is 18.4 Å². The fourth-order valence-corrected chi connectivity index (χ4v) is 3.03. The van der Waals surface area contributed by atoms with Crippen molar-refractivity contribution < 1.29 is 14.0 Å². The molecule has 2 aromatic rings. The Morgan fingerprint density at radius 3 is 2.67 bits per heavy atom. The van der Waals surface area contributed by atoms with Gasteiger partial charge >= 0.3 is 0 Å². The summed E-state index contributed by atoms with van der Waals surface area (Å²) in [6.45, 7) is 0.258. The zero-order chi connectivity index (χ0) is 17.3. The molecule has 1 unspecified atom stereocenters. The Kier molecular flexibility index (Phi) is 4.87. The molecule has 0 spiro atoms. The van der Waals surface area contributed by atoms with Crippen LogP contribution in [0.15, 0.2) is 46.9 Å². The van der Waals surface area contributed by atoms with Gasteiger partial charge in [0.05, 0.1) is 16.6 Å². The number of anilines is 2. The highest BCUT2D eigenvalue weighted by atomic mass is 79.9. The van der Waals surface area contributed by atoms with Gasteiger partial charge in [-0.2, -0.15) is 0 Å². The van der Waals surface area contributed by atoms with E-state index in [2.05, 4.69) is 21.2 Å². The predicted octanol–water partition coefficient (Wildman–Crippen LogP) is 4.23. The second-order valence-electron chi connectivity index (χ2n) is 5.47. The Labute approximate surface area is 151 Å². The lowest BCUT2D eigenvalue weighted by atomic mass is 10.1. The number of hydrogen-bond donors (Lipinski definition) is 1. The first kappa shape index (κ1) is 16.9. The van der Waals surface area contributed by atoms with E-state index >= 15 is 0 Å². The Bertz CT molecular complexity index is 798. The molecule has 1 aliphatic rings. The molecule has 1 heterocycles. The molecule has 0 radical (unpaired) electrons. The van der Waals surface area contributed by atoms with Crippen molar-refractivity contribution in [1.82, 2.24) is 0 Å². The number of benzene rings is 2. The minimum absolute atomic E-state index is 0.0158. The maximum absolute atomic E-state index is 13.9. The van der Waals surface area contributed by atoms with Crippen LogP contribution in [0.5, 0.6) is 0 Å². The number of halogens is 3. The van der Waals surface area contributed by atoms with Gasteiger partial charge in [0.15, 0.2) is 5.82 Å². The van der Waals surface area contributed by atoms with Crippen molar-refractivity contribution in [2.75, 3.05) is 16.8 Å². The molecule has 124 valence electrons. The van der Waals surface area contributed by atoms with Crippen molar-refractivity contribution in [3.05, 3.63) is 57.8 Å². The Morgan fingerprint density at radius 2 is 1.96 bits per heavy atom. The highest BCUT2D eigenvalue weighted by molar-refractivity contribution is 9.10. The summed E-state index contributed by atoms with van der Waals surface area (Å²) in [7, 11) is 0. The van der Waals surface area contributed by atoms with E-state index in [4.69, 9.17) is 11.6 Å². The third-order valence-electron chi connectivity index (χ3n) is 3.84. The van der Waals surface area contributed by atoms with E-state index in [1.165, 1.54) is 12.1 Å². The molecule has 3 rings (SSSR count). The largest absolute Gasteiger partial charge is 0.323 e. The maximum atomic E-state index is 13.9. The average molecular weight is 412 g/mol. The van der Waals surface area contributed by atoms with Crippen LogP contribution >= 0.6 is 27.5 Å². The number of nitrogens with one attached hydrogen (secondary N) is 1. The second kappa shape index (κ2) is 6.91. The molecular weight excluding hydrogens is 399 g/mol. The van der Waals surface area contributed by atoms with E-state index in [1.54, 1.807) is 23.1 Å². The van der Waals surface area contributed by atoms with Crippen molar-refractivity contribution in [3.63, 3.8) is 0 Å². The summed E-state index contributed by atoms with van der Waals surface area (Å²) >= 11 is 9.04. The summed E-state index contributed by atoms with van der Waals surface area (Å²) in [5, 5.41) is 2.45. The van der Waals surface area contributed by atoms with Crippen LogP contribution in [0.25, 0.3) is 0 Å². The molecular formula is C17H13BrClFN2O2. The van der Waals surface area contributed by atoms with E-state index < -0.39 is 17.6 Å². The molecule has 4 nitrogen and oxygen atoms in total.